The Labute approximate surface area is 88.9 Å². The first-order chi connectivity index (χ1) is 6.74. The molecule has 5 heteroatoms. The highest BCUT2D eigenvalue weighted by atomic mass is 32.2. The fourth-order valence-electron chi connectivity index (χ4n) is 1.34. The largest absolute Gasteiger partial charge is 0.409 e. The Hall–Kier alpha value is -0.420. The molecular formula is C9H18N2O2S. The van der Waals surface area contributed by atoms with Crippen LogP contribution in [0.5, 0.6) is 0 Å². The minimum Gasteiger partial charge on any atom is -0.409 e. The molecule has 1 rings (SSSR count). The molecule has 1 saturated heterocycles. The molecule has 4 nitrogen and oxygen atoms in total. The molecule has 0 amide bonds. The lowest BCUT2D eigenvalue weighted by molar-refractivity contribution is 0.129. The molecule has 1 aliphatic rings. The zero-order valence-corrected chi connectivity index (χ0v) is 9.30. The minimum atomic E-state index is 0.131. The third kappa shape index (κ3) is 3.75. The summed E-state index contributed by atoms with van der Waals surface area (Å²) >= 11 is 1.81. The van der Waals surface area contributed by atoms with Crippen molar-refractivity contribution in [3.63, 3.8) is 0 Å². The van der Waals surface area contributed by atoms with E-state index in [9.17, 15) is 0 Å². The zero-order chi connectivity index (χ0) is 10.4. The summed E-state index contributed by atoms with van der Waals surface area (Å²) in [6.07, 6.45) is 2.77. The van der Waals surface area contributed by atoms with Gasteiger partial charge in [-0.3, -0.25) is 0 Å². The fraction of sp³-hybridized carbons (Fsp3) is 0.889. The van der Waals surface area contributed by atoms with E-state index < -0.39 is 0 Å². The Bertz CT molecular complexity index is 193. The molecule has 1 aliphatic heterocycles. The maximum absolute atomic E-state index is 8.45. The van der Waals surface area contributed by atoms with E-state index in [4.69, 9.17) is 15.7 Å². The van der Waals surface area contributed by atoms with Crippen molar-refractivity contribution in [3.05, 3.63) is 0 Å². The molecule has 0 aromatic carbocycles. The Morgan fingerprint density at radius 3 is 3.14 bits per heavy atom. The summed E-state index contributed by atoms with van der Waals surface area (Å²) in [6, 6.07) is 0. The molecule has 1 fully saturated rings. The van der Waals surface area contributed by atoms with Crippen molar-refractivity contribution in [3.8, 4) is 0 Å². The molecule has 0 aliphatic carbocycles. The van der Waals surface area contributed by atoms with Crippen molar-refractivity contribution < 1.29 is 9.94 Å². The number of nitrogens with zero attached hydrogens (tertiary/aromatic N) is 1. The highest BCUT2D eigenvalue weighted by molar-refractivity contribution is 7.99. The van der Waals surface area contributed by atoms with Crippen molar-refractivity contribution in [1.82, 2.24) is 0 Å². The van der Waals surface area contributed by atoms with Crippen LogP contribution in [0.15, 0.2) is 5.16 Å². The summed E-state index contributed by atoms with van der Waals surface area (Å²) in [5, 5.41) is 11.4. The lowest BCUT2D eigenvalue weighted by Gasteiger charge is -2.11. The normalized spacial score (nSPS) is 25.2. The number of hydrogen-bond acceptors (Lipinski definition) is 4. The van der Waals surface area contributed by atoms with E-state index in [0.29, 0.717) is 11.9 Å². The van der Waals surface area contributed by atoms with Crippen molar-refractivity contribution in [1.29, 1.82) is 0 Å². The first kappa shape index (κ1) is 11.7. The van der Waals surface area contributed by atoms with Gasteiger partial charge in [-0.25, -0.2) is 0 Å². The van der Waals surface area contributed by atoms with Gasteiger partial charge >= 0.3 is 0 Å². The lowest BCUT2D eigenvalue weighted by Crippen LogP contribution is -2.23. The van der Waals surface area contributed by atoms with Crippen molar-refractivity contribution in [2.24, 2.45) is 16.8 Å². The van der Waals surface area contributed by atoms with Gasteiger partial charge in [0.05, 0.1) is 6.10 Å². The van der Waals surface area contributed by atoms with Crippen molar-refractivity contribution in [2.75, 3.05) is 18.1 Å². The summed E-state index contributed by atoms with van der Waals surface area (Å²) in [5.74, 6) is 2.34. The standard InChI is InChI=1S/C9H18N2O2S/c1-7(9(10)11-12)5-14-6-8-3-2-4-13-8/h7-8,12H,2-6H2,1H3,(H2,10,11). The molecule has 2 atom stereocenters. The first-order valence-electron chi connectivity index (χ1n) is 4.90. The summed E-state index contributed by atoms with van der Waals surface area (Å²) in [5.41, 5.74) is 5.47. The second-order valence-electron chi connectivity index (χ2n) is 3.60. The smallest absolute Gasteiger partial charge is 0.142 e. The number of ether oxygens (including phenoxy) is 1. The number of thioether (sulfide) groups is 1. The van der Waals surface area contributed by atoms with Gasteiger partial charge < -0.3 is 15.7 Å². The summed E-state index contributed by atoms with van der Waals surface area (Å²) in [4.78, 5) is 0. The van der Waals surface area contributed by atoms with Gasteiger partial charge in [-0.05, 0) is 12.8 Å². The van der Waals surface area contributed by atoms with Crippen LogP contribution in [0.25, 0.3) is 0 Å². The van der Waals surface area contributed by atoms with E-state index in [1.165, 1.54) is 12.8 Å². The number of oxime groups is 1. The van der Waals surface area contributed by atoms with Crippen LogP contribution in [0.1, 0.15) is 19.8 Å². The van der Waals surface area contributed by atoms with E-state index in [2.05, 4.69) is 5.16 Å². The highest BCUT2D eigenvalue weighted by Crippen LogP contribution is 2.18. The molecule has 1 heterocycles. The van der Waals surface area contributed by atoms with E-state index in [0.717, 1.165) is 18.1 Å². The predicted molar refractivity (Wildman–Crippen MR) is 58.9 cm³/mol. The molecule has 0 aromatic rings. The Kier molecular flexibility index (Phi) is 5.11. The second kappa shape index (κ2) is 6.14. The van der Waals surface area contributed by atoms with Gasteiger partial charge in [0, 0.05) is 24.0 Å². The third-order valence-corrected chi connectivity index (χ3v) is 3.66. The number of hydrogen-bond donors (Lipinski definition) is 2. The van der Waals surface area contributed by atoms with E-state index in [1.54, 1.807) is 11.8 Å². The molecule has 14 heavy (non-hydrogen) atoms. The van der Waals surface area contributed by atoms with Gasteiger partial charge in [0.1, 0.15) is 5.84 Å². The maximum Gasteiger partial charge on any atom is 0.142 e. The van der Waals surface area contributed by atoms with Crippen LogP contribution in [0.4, 0.5) is 0 Å². The number of nitrogens with two attached hydrogens (primary N) is 1. The number of amidine groups is 1. The average molecular weight is 218 g/mol. The lowest BCUT2D eigenvalue weighted by atomic mass is 10.2. The first-order valence-corrected chi connectivity index (χ1v) is 6.06. The average Bonchev–Trinajstić information content (AvgIpc) is 2.69. The summed E-state index contributed by atoms with van der Waals surface area (Å²) in [6.45, 7) is 2.86. The van der Waals surface area contributed by atoms with E-state index in [-0.39, 0.29) is 5.92 Å². The third-order valence-electron chi connectivity index (χ3n) is 2.32. The van der Waals surface area contributed by atoms with Crippen LogP contribution in [-0.4, -0.2) is 35.3 Å². The SMILES string of the molecule is CC(CSCC1CCCO1)C(N)=NO. The van der Waals surface area contributed by atoms with Gasteiger partial charge in [0.15, 0.2) is 0 Å². The number of rotatable bonds is 5. The summed E-state index contributed by atoms with van der Waals surface area (Å²) in [7, 11) is 0. The minimum absolute atomic E-state index is 0.131. The molecule has 82 valence electrons. The topological polar surface area (TPSA) is 67.8 Å². The maximum atomic E-state index is 8.45. The zero-order valence-electron chi connectivity index (χ0n) is 8.48. The summed E-state index contributed by atoms with van der Waals surface area (Å²) < 4.78 is 5.49. The van der Waals surface area contributed by atoms with Crippen molar-refractivity contribution in [2.45, 2.75) is 25.9 Å². The molecule has 0 saturated carbocycles. The van der Waals surface area contributed by atoms with Crippen LogP contribution in [-0.2, 0) is 4.74 Å². The van der Waals surface area contributed by atoms with Crippen LogP contribution in [0.2, 0.25) is 0 Å². The quantitative estimate of drug-likeness (QED) is 0.316. The Balaban J connectivity index is 2.08. The molecule has 0 aromatic heterocycles. The monoisotopic (exact) mass is 218 g/mol. The molecule has 0 radical (unpaired) electrons. The second-order valence-corrected chi connectivity index (χ2v) is 4.67. The molecule has 2 unspecified atom stereocenters. The highest BCUT2D eigenvalue weighted by Gasteiger charge is 2.16. The van der Waals surface area contributed by atoms with E-state index in [1.807, 2.05) is 6.92 Å². The van der Waals surface area contributed by atoms with E-state index >= 15 is 0 Å². The van der Waals surface area contributed by atoms with Gasteiger partial charge in [-0.15, -0.1) is 0 Å². The Morgan fingerprint density at radius 1 is 1.79 bits per heavy atom. The predicted octanol–water partition coefficient (Wildman–Crippen LogP) is 1.28. The van der Waals surface area contributed by atoms with Gasteiger partial charge in [0.2, 0.25) is 0 Å². The van der Waals surface area contributed by atoms with Crippen LogP contribution in [0.3, 0.4) is 0 Å². The Morgan fingerprint density at radius 2 is 2.57 bits per heavy atom. The van der Waals surface area contributed by atoms with Crippen LogP contribution < -0.4 is 5.73 Å². The van der Waals surface area contributed by atoms with Crippen LogP contribution >= 0.6 is 11.8 Å². The van der Waals surface area contributed by atoms with Crippen LogP contribution in [0, 0.1) is 5.92 Å². The van der Waals surface area contributed by atoms with Crippen molar-refractivity contribution >= 4 is 17.6 Å². The molecule has 3 N–H and O–H groups in total. The molecular weight excluding hydrogens is 200 g/mol. The molecule has 0 spiro atoms. The van der Waals surface area contributed by atoms with Gasteiger partial charge in [0.25, 0.3) is 0 Å². The van der Waals surface area contributed by atoms with Gasteiger partial charge in [-0.2, -0.15) is 11.8 Å². The van der Waals surface area contributed by atoms with Gasteiger partial charge in [-0.1, -0.05) is 12.1 Å². The molecule has 0 bridgehead atoms. The fourth-order valence-corrected chi connectivity index (χ4v) is 2.52.